The molecule has 0 saturated carbocycles. The van der Waals surface area contributed by atoms with Gasteiger partial charge in [-0.3, -0.25) is 0 Å². The Kier molecular flexibility index (Phi) is 4.88. The summed E-state index contributed by atoms with van der Waals surface area (Å²) >= 11 is 5.85. The lowest BCUT2D eigenvalue weighted by Gasteiger charge is -2.08. The number of hydrogen-bond acceptors (Lipinski definition) is 4. The van der Waals surface area contributed by atoms with Crippen molar-refractivity contribution >= 4 is 27.4 Å². The number of carbonyl (C=O) groups is 1. The van der Waals surface area contributed by atoms with Gasteiger partial charge < -0.3 is 4.74 Å². The molecule has 0 atom stereocenters. The first-order valence-corrected chi connectivity index (χ1v) is 8.93. The zero-order chi connectivity index (χ0) is 16.3. The number of sulfone groups is 1. The summed E-state index contributed by atoms with van der Waals surface area (Å²) in [7, 11) is -3.10. The van der Waals surface area contributed by atoms with Crippen molar-refractivity contribution in [3.8, 4) is 5.75 Å². The molecule has 0 amide bonds. The van der Waals surface area contributed by atoms with Gasteiger partial charge in [-0.05, 0) is 48.4 Å². The Hall–Kier alpha value is -1.85. The number of esters is 1. The number of aryl methyl sites for hydroxylation is 1. The van der Waals surface area contributed by atoms with Crippen LogP contribution in [-0.2, 0) is 15.6 Å². The van der Waals surface area contributed by atoms with Crippen molar-refractivity contribution in [2.45, 2.75) is 12.7 Å². The number of halogens is 1. The fourth-order valence-corrected chi connectivity index (χ4v) is 2.95. The van der Waals surface area contributed by atoms with Crippen molar-refractivity contribution in [1.82, 2.24) is 0 Å². The second-order valence-electron chi connectivity index (χ2n) is 5.07. The smallest absolute Gasteiger partial charge is 0.343 e. The minimum absolute atomic E-state index is 0.0569. The second-order valence-corrected chi connectivity index (χ2v) is 7.64. The van der Waals surface area contributed by atoms with Crippen LogP contribution in [-0.4, -0.2) is 20.6 Å². The highest BCUT2D eigenvalue weighted by atomic mass is 35.5. The second kappa shape index (κ2) is 6.50. The van der Waals surface area contributed by atoms with Crippen LogP contribution in [0.2, 0.25) is 5.02 Å². The lowest BCUT2D eigenvalue weighted by molar-refractivity contribution is 0.0733. The summed E-state index contributed by atoms with van der Waals surface area (Å²) in [6.07, 6.45) is 1.17. The molecule has 0 unspecified atom stereocenters. The predicted octanol–water partition coefficient (Wildman–Crippen LogP) is 3.41. The topological polar surface area (TPSA) is 60.4 Å². The third-order valence-corrected chi connectivity index (χ3v) is 4.05. The van der Waals surface area contributed by atoms with E-state index >= 15 is 0 Å². The molecule has 2 aromatic carbocycles. The standard InChI is InChI=1S/C16H15ClO4S/c1-11-9-14(17)7-8-15(11)21-16(18)13-5-3-12(4-6-13)10-22(2,19)20/h3-9H,10H2,1-2H3. The maximum absolute atomic E-state index is 12.1. The zero-order valence-corrected chi connectivity index (χ0v) is 13.7. The molecule has 0 aromatic heterocycles. The fraction of sp³-hybridized carbons (Fsp3) is 0.188. The molecule has 0 bridgehead atoms. The molecule has 0 fully saturated rings. The van der Waals surface area contributed by atoms with Crippen LogP contribution >= 0.6 is 11.6 Å². The molecule has 0 spiro atoms. The third-order valence-electron chi connectivity index (χ3n) is 2.96. The fourth-order valence-electron chi connectivity index (χ4n) is 1.93. The van der Waals surface area contributed by atoms with Crippen molar-refractivity contribution < 1.29 is 17.9 Å². The zero-order valence-electron chi connectivity index (χ0n) is 12.2. The van der Waals surface area contributed by atoms with Crippen LogP contribution in [0.15, 0.2) is 42.5 Å². The van der Waals surface area contributed by atoms with Gasteiger partial charge in [0, 0.05) is 11.3 Å². The van der Waals surface area contributed by atoms with E-state index in [1.54, 1.807) is 49.4 Å². The van der Waals surface area contributed by atoms with Gasteiger partial charge >= 0.3 is 5.97 Å². The lowest BCUT2D eigenvalue weighted by atomic mass is 10.1. The number of ether oxygens (including phenoxy) is 1. The molecule has 0 aliphatic carbocycles. The molecule has 2 rings (SSSR count). The Labute approximate surface area is 134 Å². The molecule has 0 N–H and O–H groups in total. The van der Waals surface area contributed by atoms with E-state index in [1.807, 2.05) is 0 Å². The summed E-state index contributed by atoms with van der Waals surface area (Å²) in [6.45, 7) is 1.80. The Morgan fingerprint density at radius 1 is 1.14 bits per heavy atom. The summed E-state index contributed by atoms with van der Waals surface area (Å²) in [6, 6.07) is 11.3. The van der Waals surface area contributed by atoms with Gasteiger partial charge in [0.1, 0.15) is 5.75 Å². The van der Waals surface area contributed by atoms with E-state index in [2.05, 4.69) is 0 Å². The van der Waals surface area contributed by atoms with Crippen molar-refractivity contribution in [3.63, 3.8) is 0 Å². The summed E-state index contributed by atoms with van der Waals surface area (Å²) in [5.41, 5.74) is 1.74. The molecule has 116 valence electrons. The molecule has 0 heterocycles. The highest BCUT2D eigenvalue weighted by molar-refractivity contribution is 7.89. The van der Waals surface area contributed by atoms with Crippen LogP contribution < -0.4 is 4.74 Å². The van der Waals surface area contributed by atoms with E-state index in [1.165, 1.54) is 6.26 Å². The SMILES string of the molecule is Cc1cc(Cl)ccc1OC(=O)c1ccc(CS(C)(=O)=O)cc1. The first-order chi connectivity index (χ1) is 10.2. The molecule has 22 heavy (non-hydrogen) atoms. The number of rotatable bonds is 4. The summed E-state index contributed by atoms with van der Waals surface area (Å²) < 4.78 is 27.8. The summed E-state index contributed by atoms with van der Waals surface area (Å²) in [5, 5.41) is 0.572. The molecule has 0 saturated heterocycles. The van der Waals surface area contributed by atoms with Crippen molar-refractivity contribution in [3.05, 3.63) is 64.2 Å². The van der Waals surface area contributed by atoms with Crippen LogP contribution in [0, 0.1) is 6.92 Å². The Bertz CT molecular complexity index is 795. The van der Waals surface area contributed by atoms with Crippen LogP contribution in [0.3, 0.4) is 0 Å². The van der Waals surface area contributed by atoms with Crippen LogP contribution in [0.1, 0.15) is 21.5 Å². The Morgan fingerprint density at radius 2 is 1.77 bits per heavy atom. The molecular formula is C16H15ClO4S. The Morgan fingerprint density at radius 3 is 2.32 bits per heavy atom. The highest BCUT2D eigenvalue weighted by Crippen LogP contribution is 2.22. The van der Waals surface area contributed by atoms with E-state index in [0.29, 0.717) is 21.9 Å². The quantitative estimate of drug-likeness (QED) is 0.633. The molecule has 4 nitrogen and oxygen atoms in total. The van der Waals surface area contributed by atoms with Crippen molar-refractivity contribution in [1.29, 1.82) is 0 Å². The monoisotopic (exact) mass is 338 g/mol. The van der Waals surface area contributed by atoms with Gasteiger partial charge in [-0.15, -0.1) is 0 Å². The van der Waals surface area contributed by atoms with Gasteiger partial charge in [-0.25, -0.2) is 13.2 Å². The molecule has 0 radical (unpaired) electrons. The minimum Gasteiger partial charge on any atom is -0.423 e. The lowest BCUT2D eigenvalue weighted by Crippen LogP contribution is -2.09. The predicted molar refractivity (Wildman–Crippen MR) is 86.1 cm³/mol. The average molecular weight is 339 g/mol. The van der Waals surface area contributed by atoms with E-state index in [4.69, 9.17) is 16.3 Å². The molecule has 0 aliphatic heterocycles. The average Bonchev–Trinajstić information content (AvgIpc) is 2.41. The Balaban J connectivity index is 2.13. The van der Waals surface area contributed by atoms with E-state index < -0.39 is 15.8 Å². The molecular weight excluding hydrogens is 324 g/mol. The molecule has 6 heteroatoms. The van der Waals surface area contributed by atoms with Crippen molar-refractivity contribution in [2.75, 3.05) is 6.26 Å². The highest BCUT2D eigenvalue weighted by Gasteiger charge is 2.11. The van der Waals surface area contributed by atoms with Crippen LogP contribution in [0.25, 0.3) is 0 Å². The first kappa shape index (κ1) is 16.5. The van der Waals surface area contributed by atoms with E-state index in [9.17, 15) is 13.2 Å². The van der Waals surface area contributed by atoms with Gasteiger partial charge in [-0.2, -0.15) is 0 Å². The number of hydrogen-bond donors (Lipinski definition) is 0. The van der Waals surface area contributed by atoms with Crippen LogP contribution in [0.4, 0.5) is 0 Å². The van der Waals surface area contributed by atoms with Gasteiger partial charge in [0.2, 0.25) is 0 Å². The number of carbonyl (C=O) groups excluding carboxylic acids is 1. The summed E-state index contributed by atoms with van der Waals surface area (Å²) in [4.78, 5) is 12.1. The largest absolute Gasteiger partial charge is 0.423 e. The third kappa shape index (κ3) is 4.58. The van der Waals surface area contributed by atoms with Gasteiger partial charge in [0.15, 0.2) is 9.84 Å². The molecule has 0 aliphatic rings. The van der Waals surface area contributed by atoms with E-state index in [0.717, 1.165) is 5.56 Å². The van der Waals surface area contributed by atoms with Gasteiger partial charge in [0.05, 0.1) is 11.3 Å². The van der Waals surface area contributed by atoms with Crippen LogP contribution in [0.5, 0.6) is 5.75 Å². The van der Waals surface area contributed by atoms with Gasteiger partial charge in [-0.1, -0.05) is 23.7 Å². The first-order valence-electron chi connectivity index (χ1n) is 6.49. The summed E-state index contributed by atoms with van der Waals surface area (Å²) in [5.74, 6) is -0.121. The minimum atomic E-state index is -3.10. The maximum atomic E-state index is 12.1. The van der Waals surface area contributed by atoms with Crippen molar-refractivity contribution in [2.24, 2.45) is 0 Å². The normalized spacial score (nSPS) is 11.2. The maximum Gasteiger partial charge on any atom is 0.343 e. The molecule has 2 aromatic rings. The number of benzene rings is 2. The van der Waals surface area contributed by atoms with Gasteiger partial charge in [0.25, 0.3) is 0 Å². The van der Waals surface area contributed by atoms with E-state index in [-0.39, 0.29) is 5.75 Å².